The maximum Gasteiger partial charge on any atom is 0.145 e. The molecule has 0 bridgehead atoms. The molecule has 1 aromatic rings. The Hall–Kier alpha value is -0.990. The molecule has 1 aromatic heterocycles. The normalized spacial score (nSPS) is 12.9. The number of nitrogens with zero attached hydrogens (tertiary/aromatic N) is 1. The molecule has 0 amide bonds. The van der Waals surface area contributed by atoms with Crippen LogP contribution in [0.15, 0.2) is 12.1 Å². The summed E-state index contributed by atoms with van der Waals surface area (Å²) in [6.07, 6.45) is 0.904. The van der Waals surface area contributed by atoms with E-state index < -0.39 is 17.9 Å². The van der Waals surface area contributed by atoms with Crippen LogP contribution in [-0.2, 0) is 10.8 Å². The molecule has 0 aliphatic heterocycles. The number of alkyl halides is 1. The lowest BCUT2D eigenvalue weighted by atomic mass is 9.84. The molecule has 96 valence electrons. The molecule has 0 radical (unpaired) electrons. The largest absolute Gasteiger partial charge is 0.254 e. The highest BCUT2D eigenvalue weighted by Gasteiger charge is 2.29. The van der Waals surface area contributed by atoms with E-state index in [0.29, 0.717) is 0 Å². The molecule has 0 saturated heterocycles. The highest BCUT2D eigenvalue weighted by Crippen LogP contribution is 2.30. The third-order valence-electron chi connectivity index (χ3n) is 3.40. The second-order valence-electron chi connectivity index (χ2n) is 5.78. The van der Waals surface area contributed by atoms with E-state index in [1.807, 2.05) is 0 Å². The van der Waals surface area contributed by atoms with Crippen molar-refractivity contribution >= 4 is 0 Å². The summed E-state index contributed by atoms with van der Waals surface area (Å²) in [5.41, 5.74) is 0.0515. The van der Waals surface area contributed by atoms with Crippen molar-refractivity contribution in [1.29, 1.82) is 0 Å². The van der Waals surface area contributed by atoms with Crippen LogP contribution in [0, 0.1) is 5.82 Å². The van der Waals surface area contributed by atoms with Gasteiger partial charge in [0.15, 0.2) is 0 Å². The molecule has 17 heavy (non-hydrogen) atoms. The number of hydrogen-bond acceptors (Lipinski definition) is 1. The maximum atomic E-state index is 13.7. The van der Waals surface area contributed by atoms with E-state index in [0.717, 1.165) is 12.1 Å². The van der Waals surface area contributed by atoms with Gasteiger partial charge in [-0.3, -0.25) is 9.37 Å². The molecule has 0 aliphatic rings. The van der Waals surface area contributed by atoms with E-state index in [9.17, 15) is 8.78 Å². The SMILES string of the molecule is CCC(C)(C)c1ccc(F)c(C(C)(C)CF)n1. The van der Waals surface area contributed by atoms with Crippen molar-refractivity contribution in [2.75, 3.05) is 6.67 Å². The van der Waals surface area contributed by atoms with Crippen LogP contribution >= 0.6 is 0 Å². The first-order chi connectivity index (χ1) is 7.74. The summed E-state index contributed by atoms with van der Waals surface area (Å²) in [6.45, 7) is 8.89. The maximum absolute atomic E-state index is 13.7. The Kier molecular flexibility index (Phi) is 3.90. The van der Waals surface area contributed by atoms with Crippen LogP contribution in [0.2, 0.25) is 0 Å². The zero-order valence-corrected chi connectivity index (χ0v) is 11.3. The molecule has 3 heteroatoms. The van der Waals surface area contributed by atoms with Gasteiger partial charge in [-0.1, -0.05) is 34.6 Å². The molecular formula is C14H21F2N. The fraction of sp³-hybridized carbons (Fsp3) is 0.643. The van der Waals surface area contributed by atoms with Gasteiger partial charge < -0.3 is 0 Å². The molecule has 0 saturated carbocycles. The van der Waals surface area contributed by atoms with Crippen LogP contribution < -0.4 is 0 Å². The van der Waals surface area contributed by atoms with Crippen LogP contribution in [0.25, 0.3) is 0 Å². The van der Waals surface area contributed by atoms with Gasteiger partial charge in [-0.25, -0.2) is 4.39 Å². The molecule has 1 nitrogen and oxygen atoms in total. The Labute approximate surface area is 102 Å². The molecular weight excluding hydrogens is 220 g/mol. The average molecular weight is 241 g/mol. The van der Waals surface area contributed by atoms with Crippen LogP contribution in [0.5, 0.6) is 0 Å². The van der Waals surface area contributed by atoms with Crippen LogP contribution in [0.3, 0.4) is 0 Å². The van der Waals surface area contributed by atoms with Crippen molar-refractivity contribution in [3.8, 4) is 0 Å². The summed E-state index contributed by atoms with van der Waals surface area (Å²) >= 11 is 0. The van der Waals surface area contributed by atoms with Crippen LogP contribution in [0.4, 0.5) is 8.78 Å². The Morgan fingerprint density at radius 3 is 2.18 bits per heavy atom. The van der Waals surface area contributed by atoms with Crippen molar-refractivity contribution in [1.82, 2.24) is 4.98 Å². The Morgan fingerprint density at radius 1 is 1.12 bits per heavy atom. The molecule has 0 aliphatic carbocycles. The number of pyridine rings is 1. The van der Waals surface area contributed by atoms with E-state index in [-0.39, 0.29) is 11.1 Å². The summed E-state index contributed by atoms with van der Waals surface area (Å²) in [6, 6.07) is 3.09. The predicted octanol–water partition coefficient (Wildman–Crippen LogP) is 4.16. The summed E-state index contributed by atoms with van der Waals surface area (Å²) in [5.74, 6) is -0.427. The van der Waals surface area contributed by atoms with Crippen molar-refractivity contribution < 1.29 is 8.78 Å². The third-order valence-corrected chi connectivity index (χ3v) is 3.40. The smallest absolute Gasteiger partial charge is 0.145 e. The molecule has 0 aromatic carbocycles. The highest BCUT2D eigenvalue weighted by atomic mass is 19.1. The molecule has 1 heterocycles. The highest BCUT2D eigenvalue weighted by molar-refractivity contribution is 5.24. The monoisotopic (exact) mass is 241 g/mol. The van der Waals surface area contributed by atoms with Crippen molar-refractivity contribution in [2.24, 2.45) is 0 Å². The van der Waals surface area contributed by atoms with Gasteiger partial charge in [0, 0.05) is 16.5 Å². The second-order valence-corrected chi connectivity index (χ2v) is 5.78. The summed E-state index contributed by atoms with van der Waals surface area (Å²) < 4.78 is 26.7. The van der Waals surface area contributed by atoms with Gasteiger partial charge in [-0.15, -0.1) is 0 Å². The second kappa shape index (κ2) is 4.71. The van der Waals surface area contributed by atoms with Crippen LogP contribution in [-0.4, -0.2) is 11.7 Å². The first-order valence-electron chi connectivity index (χ1n) is 5.98. The van der Waals surface area contributed by atoms with E-state index in [4.69, 9.17) is 0 Å². The lowest BCUT2D eigenvalue weighted by Gasteiger charge is -2.26. The fourth-order valence-electron chi connectivity index (χ4n) is 1.54. The molecule has 0 spiro atoms. The van der Waals surface area contributed by atoms with Crippen molar-refractivity contribution in [3.63, 3.8) is 0 Å². The van der Waals surface area contributed by atoms with Gasteiger partial charge in [0.05, 0.1) is 5.69 Å². The zero-order valence-electron chi connectivity index (χ0n) is 11.3. The molecule has 0 fully saturated rings. The number of aromatic nitrogens is 1. The standard InChI is InChI=1S/C14H21F2N/c1-6-13(2,3)11-8-7-10(16)12(17-11)14(4,5)9-15/h7-8H,6,9H2,1-5H3. The van der Waals surface area contributed by atoms with Crippen molar-refractivity contribution in [3.05, 3.63) is 29.3 Å². The van der Waals surface area contributed by atoms with Gasteiger partial charge in [-0.05, 0) is 18.6 Å². The van der Waals surface area contributed by atoms with Gasteiger partial charge >= 0.3 is 0 Å². The van der Waals surface area contributed by atoms with Gasteiger partial charge in [0.1, 0.15) is 12.5 Å². The lowest BCUT2D eigenvalue weighted by molar-refractivity contribution is 0.330. The average Bonchev–Trinajstić information content (AvgIpc) is 2.29. The molecule has 1 rings (SSSR count). The van der Waals surface area contributed by atoms with E-state index >= 15 is 0 Å². The number of hydrogen-bond donors (Lipinski definition) is 0. The number of rotatable bonds is 4. The summed E-state index contributed by atoms with van der Waals surface area (Å²) in [7, 11) is 0. The van der Waals surface area contributed by atoms with Crippen molar-refractivity contribution in [2.45, 2.75) is 51.9 Å². The number of halogens is 2. The Bertz CT molecular complexity index is 397. The minimum absolute atomic E-state index is 0.116. The third kappa shape index (κ3) is 2.82. The topological polar surface area (TPSA) is 12.9 Å². The van der Waals surface area contributed by atoms with Gasteiger partial charge in [0.2, 0.25) is 0 Å². The quantitative estimate of drug-likeness (QED) is 0.771. The van der Waals surface area contributed by atoms with E-state index in [2.05, 4.69) is 25.8 Å². The molecule has 0 atom stereocenters. The first-order valence-corrected chi connectivity index (χ1v) is 5.98. The minimum Gasteiger partial charge on any atom is -0.254 e. The van der Waals surface area contributed by atoms with E-state index in [1.165, 1.54) is 6.07 Å². The van der Waals surface area contributed by atoms with Crippen LogP contribution in [0.1, 0.15) is 52.4 Å². The Morgan fingerprint density at radius 2 is 1.71 bits per heavy atom. The van der Waals surface area contributed by atoms with E-state index in [1.54, 1.807) is 19.9 Å². The minimum atomic E-state index is -0.871. The lowest BCUT2D eigenvalue weighted by Crippen LogP contribution is -2.26. The fourth-order valence-corrected chi connectivity index (χ4v) is 1.54. The summed E-state index contributed by atoms with van der Waals surface area (Å²) in [5, 5.41) is 0. The molecule has 0 N–H and O–H groups in total. The predicted molar refractivity (Wildman–Crippen MR) is 66.5 cm³/mol. The first kappa shape index (κ1) is 14.1. The van der Waals surface area contributed by atoms with Gasteiger partial charge in [-0.2, -0.15) is 0 Å². The summed E-state index contributed by atoms with van der Waals surface area (Å²) in [4.78, 5) is 4.34. The van der Waals surface area contributed by atoms with Gasteiger partial charge in [0.25, 0.3) is 0 Å². The molecule has 0 unspecified atom stereocenters. The Balaban J connectivity index is 3.30. The zero-order chi connectivity index (χ0) is 13.3.